The van der Waals surface area contributed by atoms with Gasteiger partial charge >= 0.3 is 0 Å². The maximum Gasteiger partial charge on any atom is 0.145 e. The van der Waals surface area contributed by atoms with Gasteiger partial charge in [-0.2, -0.15) is 0 Å². The first-order valence-electron chi connectivity index (χ1n) is 4.65. The van der Waals surface area contributed by atoms with Gasteiger partial charge in [-0.3, -0.25) is 0 Å². The third kappa shape index (κ3) is 1.83. The molecule has 1 N–H and O–H groups in total. The first kappa shape index (κ1) is 10.1. The first-order valence-corrected chi connectivity index (χ1v) is 5.53. The third-order valence-electron chi connectivity index (χ3n) is 2.34. The van der Waals surface area contributed by atoms with Gasteiger partial charge in [0.15, 0.2) is 0 Å². The molecular formula is C10H14O3S. The van der Waals surface area contributed by atoms with Crippen LogP contribution in [-0.4, -0.2) is 31.5 Å². The van der Waals surface area contributed by atoms with Crippen LogP contribution >= 0.6 is 11.3 Å². The van der Waals surface area contributed by atoms with Crippen molar-refractivity contribution in [1.82, 2.24) is 0 Å². The zero-order valence-corrected chi connectivity index (χ0v) is 8.97. The molecule has 1 fully saturated rings. The molecule has 2 rings (SSSR count). The van der Waals surface area contributed by atoms with Gasteiger partial charge in [-0.25, -0.2) is 0 Å². The van der Waals surface area contributed by atoms with Crippen LogP contribution in [0.1, 0.15) is 10.4 Å². The highest BCUT2D eigenvalue weighted by atomic mass is 32.1. The lowest BCUT2D eigenvalue weighted by Crippen LogP contribution is -2.34. The number of hydrogen-bond acceptors (Lipinski definition) is 4. The number of ether oxygens (including phenoxy) is 2. The summed E-state index contributed by atoms with van der Waals surface area (Å²) in [7, 11) is 0. The predicted octanol–water partition coefficient (Wildman–Crippen LogP) is 1.29. The zero-order chi connectivity index (χ0) is 10.0. The summed E-state index contributed by atoms with van der Waals surface area (Å²) in [5, 5.41) is 12.3. The summed E-state index contributed by atoms with van der Waals surface area (Å²) in [4.78, 5) is 0.958. The van der Waals surface area contributed by atoms with Crippen molar-refractivity contribution >= 4 is 11.3 Å². The normalized spacial score (nSPS) is 21.9. The topological polar surface area (TPSA) is 38.7 Å². The molecule has 3 nitrogen and oxygen atoms in total. The molecule has 0 saturated carbocycles. The summed E-state index contributed by atoms with van der Waals surface area (Å²) in [6, 6.07) is 2.00. The van der Waals surface area contributed by atoms with Crippen LogP contribution in [0.15, 0.2) is 11.4 Å². The maximum absolute atomic E-state index is 10.4. The second-order valence-corrected chi connectivity index (χ2v) is 4.49. The standard InChI is InChI=1S/C10H14O3S/c1-8-2-5-14-9(8)10(11)6-12-3-4-13-7-10/h2,5,11H,3-4,6-7H2,1H3. The molecule has 1 aromatic rings. The Labute approximate surface area is 87.3 Å². The van der Waals surface area contributed by atoms with E-state index in [1.165, 1.54) is 0 Å². The summed E-state index contributed by atoms with van der Waals surface area (Å²) < 4.78 is 10.6. The van der Waals surface area contributed by atoms with E-state index in [-0.39, 0.29) is 0 Å². The largest absolute Gasteiger partial charge is 0.379 e. The van der Waals surface area contributed by atoms with Gasteiger partial charge in [-0.15, -0.1) is 11.3 Å². The Kier molecular flexibility index (Phi) is 2.88. The molecule has 4 heteroatoms. The number of aliphatic hydroxyl groups is 1. The highest BCUT2D eigenvalue weighted by Gasteiger charge is 2.34. The molecule has 2 heterocycles. The van der Waals surface area contributed by atoms with Crippen molar-refractivity contribution in [2.75, 3.05) is 26.4 Å². The van der Waals surface area contributed by atoms with Crippen molar-refractivity contribution in [2.45, 2.75) is 12.5 Å². The van der Waals surface area contributed by atoms with Crippen LogP contribution in [0.3, 0.4) is 0 Å². The van der Waals surface area contributed by atoms with Crippen molar-refractivity contribution in [2.24, 2.45) is 0 Å². The molecule has 0 aromatic carbocycles. The SMILES string of the molecule is Cc1ccsc1C1(O)COCCOC1. The Morgan fingerprint density at radius 2 is 2.00 bits per heavy atom. The van der Waals surface area contributed by atoms with E-state index in [9.17, 15) is 5.11 Å². The van der Waals surface area contributed by atoms with E-state index in [0.29, 0.717) is 26.4 Å². The van der Waals surface area contributed by atoms with Gasteiger partial charge in [0, 0.05) is 4.88 Å². The fourth-order valence-electron chi connectivity index (χ4n) is 1.62. The lowest BCUT2D eigenvalue weighted by Gasteiger charge is -2.24. The lowest BCUT2D eigenvalue weighted by molar-refractivity contribution is -0.0576. The molecule has 0 radical (unpaired) electrons. The molecule has 0 spiro atoms. The van der Waals surface area contributed by atoms with E-state index in [2.05, 4.69) is 0 Å². The average Bonchev–Trinajstić information content (AvgIpc) is 2.46. The molecule has 0 atom stereocenters. The first-order chi connectivity index (χ1) is 6.72. The van der Waals surface area contributed by atoms with Crippen molar-refractivity contribution in [3.63, 3.8) is 0 Å². The predicted molar refractivity (Wildman–Crippen MR) is 54.6 cm³/mol. The highest BCUT2D eigenvalue weighted by Crippen LogP contribution is 2.31. The van der Waals surface area contributed by atoms with Crippen LogP contribution in [0.2, 0.25) is 0 Å². The van der Waals surface area contributed by atoms with Crippen molar-refractivity contribution in [1.29, 1.82) is 0 Å². The summed E-state index contributed by atoms with van der Waals surface area (Å²) in [5.74, 6) is 0. The van der Waals surface area contributed by atoms with Gasteiger partial charge in [-0.1, -0.05) is 0 Å². The second-order valence-electron chi connectivity index (χ2n) is 3.57. The number of aryl methyl sites for hydroxylation is 1. The van der Waals surface area contributed by atoms with E-state index in [1.54, 1.807) is 11.3 Å². The van der Waals surface area contributed by atoms with Crippen molar-refractivity contribution < 1.29 is 14.6 Å². The Morgan fingerprint density at radius 3 is 2.50 bits per heavy atom. The Bertz CT molecular complexity index is 300. The molecule has 1 aliphatic rings. The van der Waals surface area contributed by atoms with Gasteiger partial charge < -0.3 is 14.6 Å². The third-order valence-corrected chi connectivity index (χ3v) is 3.55. The minimum Gasteiger partial charge on any atom is -0.379 e. The summed E-state index contributed by atoms with van der Waals surface area (Å²) in [6.07, 6.45) is 0. The summed E-state index contributed by atoms with van der Waals surface area (Å²) in [5.41, 5.74) is 0.154. The average molecular weight is 214 g/mol. The van der Waals surface area contributed by atoms with Gasteiger partial charge in [0.05, 0.1) is 26.4 Å². The number of rotatable bonds is 1. The molecule has 1 saturated heterocycles. The quantitative estimate of drug-likeness (QED) is 0.765. The van der Waals surface area contributed by atoms with Crippen LogP contribution in [0, 0.1) is 6.92 Å². The molecule has 1 aromatic heterocycles. The van der Waals surface area contributed by atoms with Gasteiger partial charge in [0.2, 0.25) is 0 Å². The molecule has 0 amide bonds. The molecule has 0 bridgehead atoms. The summed E-state index contributed by atoms with van der Waals surface area (Å²) in [6.45, 7) is 3.77. The van der Waals surface area contributed by atoms with Gasteiger partial charge in [0.25, 0.3) is 0 Å². The van der Waals surface area contributed by atoms with E-state index >= 15 is 0 Å². The molecule has 0 unspecified atom stereocenters. The fraction of sp³-hybridized carbons (Fsp3) is 0.600. The molecule has 78 valence electrons. The van der Waals surface area contributed by atoms with Crippen LogP contribution in [-0.2, 0) is 15.1 Å². The minimum atomic E-state index is -0.950. The summed E-state index contributed by atoms with van der Waals surface area (Å²) >= 11 is 1.55. The fourth-order valence-corrected chi connectivity index (χ4v) is 2.62. The monoisotopic (exact) mass is 214 g/mol. The molecule has 1 aliphatic heterocycles. The van der Waals surface area contributed by atoms with E-state index in [0.717, 1.165) is 10.4 Å². The van der Waals surface area contributed by atoms with Gasteiger partial charge in [0.1, 0.15) is 5.60 Å². The van der Waals surface area contributed by atoms with Crippen LogP contribution < -0.4 is 0 Å². The van der Waals surface area contributed by atoms with Crippen molar-refractivity contribution in [3.8, 4) is 0 Å². The highest BCUT2D eigenvalue weighted by molar-refractivity contribution is 7.10. The molecule has 14 heavy (non-hydrogen) atoms. The zero-order valence-electron chi connectivity index (χ0n) is 8.16. The number of hydrogen-bond donors (Lipinski definition) is 1. The van der Waals surface area contributed by atoms with E-state index in [1.807, 2.05) is 18.4 Å². The minimum absolute atomic E-state index is 0.328. The Morgan fingerprint density at radius 1 is 1.36 bits per heavy atom. The maximum atomic E-state index is 10.4. The van der Waals surface area contributed by atoms with Crippen LogP contribution in [0.25, 0.3) is 0 Å². The second kappa shape index (κ2) is 3.98. The molecular weight excluding hydrogens is 200 g/mol. The van der Waals surface area contributed by atoms with Crippen LogP contribution in [0.5, 0.6) is 0 Å². The van der Waals surface area contributed by atoms with E-state index < -0.39 is 5.60 Å². The lowest BCUT2D eigenvalue weighted by atomic mass is 10.0. The Balaban J connectivity index is 2.25. The molecule has 0 aliphatic carbocycles. The Hall–Kier alpha value is -0.420. The van der Waals surface area contributed by atoms with Crippen LogP contribution in [0.4, 0.5) is 0 Å². The van der Waals surface area contributed by atoms with Gasteiger partial charge in [-0.05, 0) is 23.9 Å². The smallest absolute Gasteiger partial charge is 0.145 e. The van der Waals surface area contributed by atoms with E-state index in [4.69, 9.17) is 9.47 Å². The number of thiophene rings is 1. The van der Waals surface area contributed by atoms with Crippen molar-refractivity contribution in [3.05, 3.63) is 21.9 Å².